The minimum absolute atomic E-state index is 0.188. The molecule has 0 fully saturated rings. The van der Waals surface area contributed by atoms with Gasteiger partial charge < -0.3 is 4.42 Å². The maximum Gasteiger partial charge on any atom is 0.199 e. The molecular formula is C12H10FNO2. The minimum Gasteiger partial charge on any atom is -0.437 e. The van der Waals surface area contributed by atoms with Gasteiger partial charge in [0.25, 0.3) is 0 Å². The number of ketones is 1. The van der Waals surface area contributed by atoms with Crippen LogP contribution in [0.1, 0.15) is 28.9 Å². The average molecular weight is 219 g/mol. The topological polar surface area (TPSA) is 43.1 Å². The molecule has 0 aliphatic carbocycles. The first-order valence-electron chi connectivity index (χ1n) is 4.86. The summed E-state index contributed by atoms with van der Waals surface area (Å²) in [6.45, 7) is 1.40. The lowest BCUT2D eigenvalue weighted by Crippen LogP contribution is -1.92. The third-order valence-electron chi connectivity index (χ3n) is 2.20. The fourth-order valence-electron chi connectivity index (χ4n) is 1.36. The van der Waals surface area contributed by atoms with Crippen LogP contribution in [0.5, 0.6) is 0 Å². The predicted octanol–water partition coefficient (Wildman–Crippen LogP) is 2.61. The Bertz CT molecular complexity index is 519. The van der Waals surface area contributed by atoms with Crippen LogP contribution in [0, 0.1) is 5.82 Å². The van der Waals surface area contributed by atoms with Crippen molar-refractivity contribution in [2.45, 2.75) is 13.3 Å². The zero-order valence-electron chi connectivity index (χ0n) is 8.74. The van der Waals surface area contributed by atoms with Crippen LogP contribution < -0.4 is 0 Å². The lowest BCUT2D eigenvalue weighted by Gasteiger charge is -1.98. The zero-order chi connectivity index (χ0) is 11.5. The summed E-state index contributed by atoms with van der Waals surface area (Å²) >= 11 is 0. The fraction of sp³-hybridized carbons (Fsp3) is 0.167. The van der Waals surface area contributed by atoms with Gasteiger partial charge >= 0.3 is 0 Å². The van der Waals surface area contributed by atoms with E-state index < -0.39 is 0 Å². The van der Waals surface area contributed by atoms with Crippen molar-refractivity contribution in [2.24, 2.45) is 0 Å². The monoisotopic (exact) mass is 219 g/mol. The van der Waals surface area contributed by atoms with Crippen molar-refractivity contribution in [1.82, 2.24) is 4.98 Å². The van der Waals surface area contributed by atoms with E-state index in [9.17, 15) is 9.18 Å². The number of hydrogen-bond acceptors (Lipinski definition) is 3. The summed E-state index contributed by atoms with van der Waals surface area (Å²) in [6.07, 6.45) is 1.61. The number of aromatic nitrogens is 1. The summed E-state index contributed by atoms with van der Waals surface area (Å²) < 4.78 is 18.5. The van der Waals surface area contributed by atoms with Gasteiger partial charge in [-0.1, -0.05) is 18.2 Å². The molecule has 1 aromatic heterocycles. The molecule has 0 aliphatic rings. The molecule has 2 aromatic rings. The fourth-order valence-corrected chi connectivity index (χ4v) is 1.36. The standard InChI is InChI=1S/C12H10FNO2/c1-8(15)11-7-14-12(16-11)6-9-4-2-3-5-10(9)13/h2-5,7H,6H2,1H3. The number of hydrogen-bond donors (Lipinski definition) is 0. The van der Waals surface area contributed by atoms with Gasteiger partial charge in [0.2, 0.25) is 0 Å². The van der Waals surface area contributed by atoms with Crippen LogP contribution in [-0.2, 0) is 6.42 Å². The van der Waals surface area contributed by atoms with Gasteiger partial charge in [-0.3, -0.25) is 4.79 Å². The molecule has 2 rings (SSSR count). The van der Waals surface area contributed by atoms with Crippen molar-refractivity contribution in [3.05, 3.63) is 53.5 Å². The molecule has 4 heteroatoms. The maximum absolute atomic E-state index is 13.3. The summed E-state index contributed by atoms with van der Waals surface area (Å²) in [4.78, 5) is 14.9. The Morgan fingerprint density at radius 1 is 1.44 bits per heavy atom. The first kappa shape index (κ1) is 10.5. The van der Waals surface area contributed by atoms with Crippen LogP contribution in [0.15, 0.2) is 34.9 Å². The first-order valence-corrected chi connectivity index (χ1v) is 4.86. The Kier molecular flexibility index (Phi) is 2.81. The molecule has 1 aromatic carbocycles. The maximum atomic E-state index is 13.3. The Morgan fingerprint density at radius 3 is 2.81 bits per heavy atom. The van der Waals surface area contributed by atoms with Crippen LogP contribution in [-0.4, -0.2) is 10.8 Å². The highest BCUT2D eigenvalue weighted by atomic mass is 19.1. The van der Waals surface area contributed by atoms with E-state index in [-0.39, 0.29) is 23.8 Å². The molecule has 1 heterocycles. The highest BCUT2D eigenvalue weighted by molar-refractivity contribution is 5.90. The molecule has 16 heavy (non-hydrogen) atoms. The van der Waals surface area contributed by atoms with Crippen LogP contribution in [0.3, 0.4) is 0 Å². The summed E-state index contributed by atoms with van der Waals surface area (Å²) in [5, 5.41) is 0. The van der Waals surface area contributed by atoms with E-state index in [0.717, 1.165) is 0 Å². The third kappa shape index (κ3) is 2.16. The molecule has 0 amide bonds. The number of nitrogens with zero attached hydrogens (tertiary/aromatic N) is 1. The van der Waals surface area contributed by atoms with E-state index in [4.69, 9.17) is 4.42 Å². The van der Waals surface area contributed by atoms with Crippen molar-refractivity contribution in [1.29, 1.82) is 0 Å². The Labute approximate surface area is 91.9 Å². The largest absolute Gasteiger partial charge is 0.437 e. The van der Waals surface area contributed by atoms with Gasteiger partial charge in [0.1, 0.15) is 5.82 Å². The highest BCUT2D eigenvalue weighted by Gasteiger charge is 2.10. The van der Waals surface area contributed by atoms with Crippen molar-refractivity contribution < 1.29 is 13.6 Å². The van der Waals surface area contributed by atoms with Gasteiger partial charge in [0, 0.05) is 6.92 Å². The Morgan fingerprint density at radius 2 is 2.19 bits per heavy atom. The van der Waals surface area contributed by atoms with Gasteiger partial charge in [0.15, 0.2) is 17.4 Å². The number of oxazole rings is 1. The number of halogens is 1. The van der Waals surface area contributed by atoms with Gasteiger partial charge in [-0.15, -0.1) is 0 Å². The van der Waals surface area contributed by atoms with Crippen LogP contribution in [0.25, 0.3) is 0 Å². The van der Waals surface area contributed by atoms with E-state index in [1.54, 1.807) is 18.2 Å². The van der Waals surface area contributed by atoms with E-state index in [0.29, 0.717) is 11.5 Å². The van der Waals surface area contributed by atoms with Gasteiger partial charge in [-0.05, 0) is 11.6 Å². The number of carbonyl (C=O) groups excluding carboxylic acids is 1. The number of Topliss-reactive ketones (excluding diaryl/α,β-unsaturated/α-hetero) is 1. The second-order valence-electron chi connectivity index (χ2n) is 3.44. The van der Waals surface area contributed by atoms with E-state index >= 15 is 0 Å². The number of benzene rings is 1. The molecule has 0 aliphatic heterocycles. The molecule has 3 nitrogen and oxygen atoms in total. The average Bonchev–Trinajstić information content (AvgIpc) is 2.70. The quantitative estimate of drug-likeness (QED) is 0.745. The van der Waals surface area contributed by atoms with Crippen molar-refractivity contribution in [2.75, 3.05) is 0 Å². The highest BCUT2D eigenvalue weighted by Crippen LogP contribution is 2.13. The van der Waals surface area contributed by atoms with Crippen LogP contribution >= 0.6 is 0 Å². The van der Waals surface area contributed by atoms with Crippen LogP contribution in [0.4, 0.5) is 4.39 Å². The Balaban J connectivity index is 2.21. The molecule has 0 atom stereocenters. The second-order valence-corrected chi connectivity index (χ2v) is 3.44. The van der Waals surface area contributed by atoms with Crippen molar-refractivity contribution >= 4 is 5.78 Å². The third-order valence-corrected chi connectivity index (χ3v) is 2.20. The van der Waals surface area contributed by atoms with Crippen molar-refractivity contribution in [3.63, 3.8) is 0 Å². The lowest BCUT2D eigenvalue weighted by atomic mass is 10.1. The molecule has 0 saturated carbocycles. The minimum atomic E-state index is -0.301. The van der Waals surface area contributed by atoms with Crippen LogP contribution in [0.2, 0.25) is 0 Å². The first-order chi connectivity index (χ1) is 7.66. The number of rotatable bonds is 3. The summed E-state index contributed by atoms with van der Waals surface area (Å²) in [6, 6.07) is 6.40. The van der Waals surface area contributed by atoms with Gasteiger partial charge in [-0.2, -0.15) is 0 Å². The summed E-state index contributed by atoms with van der Waals surface area (Å²) in [7, 11) is 0. The molecule has 0 saturated heterocycles. The van der Waals surface area contributed by atoms with E-state index in [1.165, 1.54) is 19.2 Å². The summed E-state index contributed by atoms with van der Waals surface area (Å²) in [5.74, 6) is 0.0546. The molecule has 0 N–H and O–H groups in total. The van der Waals surface area contributed by atoms with Gasteiger partial charge in [0.05, 0.1) is 12.6 Å². The van der Waals surface area contributed by atoms with E-state index in [2.05, 4.69) is 4.98 Å². The predicted molar refractivity (Wildman–Crippen MR) is 55.7 cm³/mol. The molecular weight excluding hydrogens is 209 g/mol. The lowest BCUT2D eigenvalue weighted by molar-refractivity contribution is 0.0985. The van der Waals surface area contributed by atoms with Gasteiger partial charge in [-0.25, -0.2) is 9.37 Å². The smallest absolute Gasteiger partial charge is 0.199 e. The SMILES string of the molecule is CC(=O)c1cnc(Cc2ccccc2F)o1. The second kappa shape index (κ2) is 4.26. The molecule has 0 radical (unpaired) electrons. The molecule has 82 valence electrons. The normalized spacial score (nSPS) is 10.4. The Hall–Kier alpha value is -1.97. The van der Waals surface area contributed by atoms with Crippen molar-refractivity contribution in [3.8, 4) is 0 Å². The molecule has 0 spiro atoms. The summed E-state index contributed by atoms with van der Waals surface area (Å²) in [5.41, 5.74) is 0.499. The number of carbonyl (C=O) groups is 1. The van der Waals surface area contributed by atoms with E-state index in [1.807, 2.05) is 0 Å². The molecule has 0 unspecified atom stereocenters. The molecule has 0 bridgehead atoms. The zero-order valence-corrected chi connectivity index (χ0v) is 8.74.